The van der Waals surface area contributed by atoms with Crippen LogP contribution in [0.1, 0.15) is 6.42 Å². The molecule has 1 atom stereocenters. The van der Waals surface area contributed by atoms with Gasteiger partial charge in [0, 0.05) is 20.8 Å². The van der Waals surface area contributed by atoms with Gasteiger partial charge in [-0.15, -0.1) is 0 Å². The highest BCUT2D eigenvalue weighted by Gasteiger charge is 2.16. The molecule has 9 nitrogen and oxygen atoms in total. The molecule has 1 aromatic heterocycles. The van der Waals surface area contributed by atoms with E-state index in [0.29, 0.717) is 6.42 Å². The first kappa shape index (κ1) is 17.2. The van der Waals surface area contributed by atoms with Crippen LogP contribution in [-0.2, 0) is 16.0 Å². The second kappa shape index (κ2) is 8.45. The molecule has 0 aliphatic rings. The number of aliphatic hydroxyl groups excluding tert-OH is 1. The van der Waals surface area contributed by atoms with Crippen LogP contribution in [0.4, 0.5) is 11.5 Å². The summed E-state index contributed by atoms with van der Waals surface area (Å²) in [6.07, 6.45) is 0.379. The summed E-state index contributed by atoms with van der Waals surface area (Å²) in [4.78, 5) is 25.8. The van der Waals surface area contributed by atoms with Crippen molar-refractivity contribution in [1.29, 1.82) is 0 Å². The topological polar surface area (TPSA) is 132 Å². The standard InChI is InChI=1S/C12H22N4O5/c1-20-6-4-16-10(13)9(11(18)15-12(16)19)14-8(3-5-17)7-21-2/h8,14,17H,3-7,13H2,1-2H3,(H,15,18,19). The van der Waals surface area contributed by atoms with Gasteiger partial charge in [0.15, 0.2) is 0 Å². The van der Waals surface area contributed by atoms with E-state index in [1.54, 1.807) is 0 Å². The number of hydrogen-bond acceptors (Lipinski definition) is 7. The molecule has 120 valence electrons. The van der Waals surface area contributed by atoms with E-state index in [2.05, 4.69) is 10.3 Å². The summed E-state index contributed by atoms with van der Waals surface area (Å²) in [5, 5.41) is 11.9. The molecule has 0 spiro atoms. The number of H-pyrrole nitrogens is 1. The van der Waals surface area contributed by atoms with E-state index in [0.717, 1.165) is 0 Å². The fourth-order valence-electron chi connectivity index (χ4n) is 1.89. The molecular weight excluding hydrogens is 280 g/mol. The molecule has 0 amide bonds. The highest BCUT2D eigenvalue weighted by molar-refractivity contribution is 5.60. The predicted octanol–water partition coefficient (Wildman–Crippen LogP) is -1.43. The molecular formula is C12H22N4O5. The van der Waals surface area contributed by atoms with Crippen LogP contribution < -0.4 is 22.3 Å². The second-order valence-electron chi connectivity index (χ2n) is 4.47. The van der Waals surface area contributed by atoms with E-state index in [1.165, 1.54) is 18.8 Å². The van der Waals surface area contributed by atoms with Gasteiger partial charge in [0.05, 0.1) is 25.8 Å². The highest BCUT2D eigenvalue weighted by Crippen LogP contribution is 2.12. The Morgan fingerprint density at radius 2 is 2.10 bits per heavy atom. The van der Waals surface area contributed by atoms with Gasteiger partial charge < -0.3 is 25.6 Å². The maximum Gasteiger partial charge on any atom is 0.330 e. The Balaban J connectivity index is 3.10. The van der Waals surface area contributed by atoms with Crippen molar-refractivity contribution in [2.75, 3.05) is 45.1 Å². The summed E-state index contributed by atoms with van der Waals surface area (Å²) in [6, 6.07) is -0.295. The van der Waals surface area contributed by atoms with Crippen LogP contribution in [0, 0.1) is 0 Å². The van der Waals surface area contributed by atoms with Gasteiger partial charge in [-0.2, -0.15) is 0 Å². The number of hydrogen-bond donors (Lipinski definition) is 4. The van der Waals surface area contributed by atoms with Gasteiger partial charge in [-0.05, 0) is 6.42 Å². The molecule has 5 N–H and O–H groups in total. The van der Waals surface area contributed by atoms with Crippen LogP contribution >= 0.6 is 0 Å². The fraction of sp³-hybridized carbons (Fsp3) is 0.667. The molecule has 0 aliphatic heterocycles. The summed E-state index contributed by atoms with van der Waals surface area (Å²) in [7, 11) is 3.01. The lowest BCUT2D eigenvalue weighted by Crippen LogP contribution is -2.37. The minimum Gasteiger partial charge on any atom is -0.396 e. The monoisotopic (exact) mass is 302 g/mol. The average molecular weight is 302 g/mol. The zero-order valence-corrected chi connectivity index (χ0v) is 12.2. The number of ether oxygens (including phenoxy) is 2. The Morgan fingerprint density at radius 3 is 2.67 bits per heavy atom. The van der Waals surface area contributed by atoms with E-state index < -0.39 is 11.2 Å². The fourth-order valence-corrected chi connectivity index (χ4v) is 1.89. The van der Waals surface area contributed by atoms with Gasteiger partial charge in [0.2, 0.25) is 0 Å². The van der Waals surface area contributed by atoms with Crippen LogP contribution in [0.25, 0.3) is 0 Å². The molecule has 21 heavy (non-hydrogen) atoms. The number of nitrogens with one attached hydrogen (secondary N) is 2. The van der Waals surface area contributed by atoms with Gasteiger partial charge >= 0.3 is 5.69 Å². The number of nitrogen functional groups attached to an aromatic ring is 1. The van der Waals surface area contributed by atoms with Gasteiger partial charge in [-0.1, -0.05) is 0 Å². The third-order valence-corrected chi connectivity index (χ3v) is 2.95. The molecule has 0 saturated heterocycles. The van der Waals surface area contributed by atoms with Crippen molar-refractivity contribution in [3.05, 3.63) is 20.8 Å². The van der Waals surface area contributed by atoms with Gasteiger partial charge in [-0.3, -0.25) is 14.3 Å². The summed E-state index contributed by atoms with van der Waals surface area (Å²) in [5.74, 6) is 0.0276. The van der Waals surface area contributed by atoms with Crippen LogP contribution in [0.2, 0.25) is 0 Å². The molecule has 1 rings (SSSR count). The largest absolute Gasteiger partial charge is 0.396 e. The van der Waals surface area contributed by atoms with Crippen LogP contribution in [0.5, 0.6) is 0 Å². The van der Waals surface area contributed by atoms with Gasteiger partial charge in [-0.25, -0.2) is 4.79 Å². The molecule has 0 aliphatic carbocycles. The van der Waals surface area contributed by atoms with Gasteiger partial charge in [0.25, 0.3) is 5.56 Å². The van der Waals surface area contributed by atoms with Crippen molar-refractivity contribution < 1.29 is 14.6 Å². The minimum atomic E-state index is -0.606. The molecule has 0 saturated carbocycles. The maximum absolute atomic E-state index is 11.9. The van der Waals surface area contributed by atoms with E-state index in [1.807, 2.05) is 0 Å². The average Bonchev–Trinajstić information content (AvgIpc) is 2.43. The molecule has 0 bridgehead atoms. The number of rotatable bonds is 9. The van der Waals surface area contributed by atoms with Crippen molar-refractivity contribution >= 4 is 11.5 Å². The summed E-state index contributed by atoms with van der Waals surface area (Å²) < 4.78 is 11.1. The summed E-state index contributed by atoms with van der Waals surface area (Å²) in [6.45, 7) is 0.730. The molecule has 1 unspecified atom stereocenters. The number of anilines is 2. The highest BCUT2D eigenvalue weighted by atomic mass is 16.5. The lowest BCUT2D eigenvalue weighted by molar-refractivity contribution is 0.170. The van der Waals surface area contributed by atoms with E-state index in [-0.39, 0.29) is 43.9 Å². The zero-order valence-electron chi connectivity index (χ0n) is 12.2. The number of nitrogens with two attached hydrogens (primary N) is 1. The van der Waals surface area contributed by atoms with E-state index in [9.17, 15) is 9.59 Å². The second-order valence-corrected chi connectivity index (χ2v) is 4.47. The maximum atomic E-state index is 11.9. The van der Waals surface area contributed by atoms with Crippen molar-refractivity contribution in [3.8, 4) is 0 Å². The molecule has 0 aromatic carbocycles. The van der Waals surface area contributed by atoms with Crippen molar-refractivity contribution in [1.82, 2.24) is 9.55 Å². The zero-order chi connectivity index (χ0) is 15.8. The quantitative estimate of drug-likeness (QED) is 0.440. The van der Waals surface area contributed by atoms with Crippen LogP contribution in [0.15, 0.2) is 9.59 Å². The molecule has 1 aromatic rings. The summed E-state index contributed by atoms with van der Waals surface area (Å²) >= 11 is 0. The Hall–Kier alpha value is -1.84. The first-order valence-corrected chi connectivity index (χ1v) is 6.53. The third-order valence-electron chi connectivity index (χ3n) is 2.95. The minimum absolute atomic E-state index is 0.0276. The number of nitrogens with zero attached hydrogens (tertiary/aromatic N) is 1. The number of methoxy groups -OCH3 is 2. The SMILES string of the molecule is COCCn1c(N)c(NC(CCO)COC)c(=O)[nH]c1=O. The van der Waals surface area contributed by atoms with Crippen LogP contribution in [-0.4, -0.2) is 54.7 Å². The molecule has 1 heterocycles. The molecule has 0 radical (unpaired) electrons. The van der Waals surface area contributed by atoms with Crippen molar-refractivity contribution in [2.45, 2.75) is 19.0 Å². The Kier molecular flexibility index (Phi) is 6.92. The van der Waals surface area contributed by atoms with Crippen LogP contribution in [0.3, 0.4) is 0 Å². The van der Waals surface area contributed by atoms with Crippen molar-refractivity contribution in [2.24, 2.45) is 0 Å². The molecule has 0 fully saturated rings. The Labute approximate surface area is 121 Å². The lowest BCUT2D eigenvalue weighted by atomic mass is 10.2. The number of aromatic amines is 1. The first-order valence-electron chi connectivity index (χ1n) is 6.53. The van der Waals surface area contributed by atoms with Crippen molar-refractivity contribution in [3.63, 3.8) is 0 Å². The Morgan fingerprint density at radius 1 is 1.38 bits per heavy atom. The summed E-state index contributed by atoms with van der Waals surface area (Å²) in [5.41, 5.74) is 4.77. The third kappa shape index (κ3) is 4.59. The predicted molar refractivity (Wildman–Crippen MR) is 78.6 cm³/mol. The van der Waals surface area contributed by atoms with E-state index in [4.69, 9.17) is 20.3 Å². The first-order chi connectivity index (χ1) is 10.0. The smallest absolute Gasteiger partial charge is 0.330 e. The van der Waals surface area contributed by atoms with E-state index >= 15 is 0 Å². The molecule has 9 heteroatoms. The normalized spacial score (nSPS) is 12.3. The number of aliphatic hydroxyl groups is 1. The van der Waals surface area contributed by atoms with Gasteiger partial charge in [0.1, 0.15) is 11.5 Å². The Bertz CT molecular complexity index is 548. The number of aromatic nitrogens is 2. The lowest BCUT2D eigenvalue weighted by Gasteiger charge is -2.20.